The molecule has 2 amide bonds. The topological polar surface area (TPSA) is 126 Å². The monoisotopic (exact) mass is 594 g/mol. The SMILES string of the molecule is COC(=O)[C@H](Cc1ccccc1)NC(=O)NCc1ccc([C@@H]2O[C@H](CSCCO)C[C@H](c3ccc(CO)cc3)O2)cc1. The molecule has 0 radical (unpaired) electrons. The number of carbonyl (C=O) groups excluding carboxylic acids is 2. The third-order valence-electron chi connectivity index (χ3n) is 6.93. The lowest BCUT2D eigenvalue weighted by Crippen LogP contribution is -2.47. The van der Waals surface area contributed by atoms with Gasteiger partial charge in [0.15, 0.2) is 6.29 Å². The molecule has 0 aliphatic carbocycles. The third-order valence-corrected chi connectivity index (χ3v) is 8.01. The number of amides is 2. The number of hydrogen-bond acceptors (Lipinski definition) is 8. The van der Waals surface area contributed by atoms with E-state index in [2.05, 4.69) is 10.6 Å². The van der Waals surface area contributed by atoms with E-state index in [1.54, 1.807) is 11.8 Å². The van der Waals surface area contributed by atoms with Crippen molar-refractivity contribution < 1.29 is 34.0 Å². The number of carbonyl (C=O) groups is 2. The molecule has 1 aliphatic heterocycles. The average Bonchev–Trinajstić information content (AvgIpc) is 3.04. The molecule has 10 heteroatoms. The molecule has 0 saturated carbocycles. The largest absolute Gasteiger partial charge is 0.467 e. The van der Waals surface area contributed by atoms with Gasteiger partial charge >= 0.3 is 12.0 Å². The van der Waals surface area contributed by atoms with E-state index >= 15 is 0 Å². The van der Waals surface area contributed by atoms with Crippen LogP contribution in [0, 0.1) is 0 Å². The van der Waals surface area contributed by atoms with Crippen molar-refractivity contribution in [3.63, 3.8) is 0 Å². The Morgan fingerprint density at radius 2 is 1.62 bits per heavy atom. The molecule has 1 heterocycles. The summed E-state index contributed by atoms with van der Waals surface area (Å²) in [5.74, 6) is 0.865. The summed E-state index contributed by atoms with van der Waals surface area (Å²) in [7, 11) is 1.30. The molecule has 0 spiro atoms. The number of rotatable bonds is 13. The number of aliphatic hydroxyl groups excluding tert-OH is 2. The number of ether oxygens (including phenoxy) is 3. The number of thioether (sulfide) groups is 1. The van der Waals surface area contributed by atoms with Crippen molar-refractivity contribution >= 4 is 23.8 Å². The molecule has 0 aromatic heterocycles. The Morgan fingerprint density at radius 3 is 2.29 bits per heavy atom. The van der Waals surface area contributed by atoms with Crippen molar-refractivity contribution in [3.8, 4) is 0 Å². The van der Waals surface area contributed by atoms with E-state index in [1.807, 2.05) is 78.9 Å². The minimum absolute atomic E-state index is 0.0135. The van der Waals surface area contributed by atoms with E-state index < -0.39 is 24.3 Å². The third kappa shape index (κ3) is 9.30. The Kier molecular flexibility index (Phi) is 12.2. The van der Waals surface area contributed by atoms with Gasteiger partial charge in [0.05, 0.1) is 32.5 Å². The van der Waals surface area contributed by atoms with Gasteiger partial charge in [0.2, 0.25) is 0 Å². The summed E-state index contributed by atoms with van der Waals surface area (Å²) < 4.78 is 17.5. The zero-order valence-corrected chi connectivity index (χ0v) is 24.4. The van der Waals surface area contributed by atoms with Crippen LogP contribution in [0.1, 0.15) is 46.6 Å². The van der Waals surface area contributed by atoms with Crippen LogP contribution in [-0.2, 0) is 38.6 Å². The van der Waals surface area contributed by atoms with Gasteiger partial charge in [0, 0.05) is 36.5 Å². The number of nitrogens with one attached hydrogen (secondary N) is 2. The van der Waals surface area contributed by atoms with E-state index in [0.29, 0.717) is 18.6 Å². The van der Waals surface area contributed by atoms with E-state index in [0.717, 1.165) is 33.6 Å². The van der Waals surface area contributed by atoms with E-state index in [9.17, 15) is 19.8 Å². The fraction of sp³-hybridized carbons (Fsp3) is 0.375. The van der Waals surface area contributed by atoms with Gasteiger partial charge in [-0.2, -0.15) is 11.8 Å². The van der Waals surface area contributed by atoms with Crippen molar-refractivity contribution in [2.24, 2.45) is 0 Å². The van der Waals surface area contributed by atoms with Crippen LogP contribution in [0.3, 0.4) is 0 Å². The molecule has 1 fully saturated rings. The molecule has 42 heavy (non-hydrogen) atoms. The maximum atomic E-state index is 12.6. The standard InChI is InChI=1S/C32H38N2O7S/c1-39-30(37)28(17-22-5-3-2-4-6-22)34-32(38)33-19-23-7-13-26(14-8-23)31-40-27(21-42-16-15-35)18-29(41-31)25-11-9-24(20-36)10-12-25/h2-14,27-29,31,35-36H,15-21H2,1H3,(H2,33,34,38)/t27-,28-,29+,31+/m0/s1. The Labute approximate surface area is 250 Å². The molecule has 224 valence electrons. The molecule has 0 bridgehead atoms. The van der Waals surface area contributed by atoms with Crippen molar-refractivity contribution in [3.05, 3.63) is 107 Å². The summed E-state index contributed by atoms with van der Waals surface area (Å²) in [6.45, 7) is 0.367. The summed E-state index contributed by atoms with van der Waals surface area (Å²) in [6, 6.07) is 23.5. The van der Waals surface area contributed by atoms with Crippen molar-refractivity contribution in [2.45, 2.75) is 50.5 Å². The van der Waals surface area contributed by atoms with Gasteiger partial charge in [0.1, 0.15) is 6.04 Å². The van der Waals surface area contributed by atoms with Gasteiger partial charge in [-0.3, -0.25) is 0 Å². The van der Waals surface area contributed by atoms with Gasteiger partial charge in [-0.05, 0) is 22.3 Å². The predicted molar refractivity (Wildman–Crippen MR) is 161 cm³/mol. The Morgan fingerprint density at radius 1 is 0.929 bits per heavy atom. The lowest BCUT2D eigenvalue weighted by molar-refractivity contribution is -0.245. The molecule has 4 rings (SSSR count). The number of methoxy groups -OCH3 is 1. The highest BCUT2D eigenvalue weighted by Crippen LogP contribution is 2.38. The molecule has 1 saturated heterocycles. The summed E-state index contributed by atoms with van der Waals surface area (Å²) >= 11 is 1.64. The smallest absolute Gasteiger partial charge is 0.328 e. The van der Waals surface area contributed by atoms with Gasteiger partial charge in [-0.1, -0.05) is 78.9 Å². The zero-order valence-electron chi connectivity index (χ0n) is 23.6. The highest BCUT2D eigenvalue weighted by molar-refractivity contribution is 7.99. The quantitative estimate of drug-likeness (QED) is 0.173. The Bertz CT molecular complexity index is 1260. The first-order valence-corrected chi connectivity index (χ1v) is 15.1. The summed E-state index contributed by atoms with van der Waals surface area (Å²) in [5, 5.41) is 24.1. The zero-order chi connectivity index (χ0) is 29.7. The molecule has 1 aliphatic rings. The van der Waals surface area contributed by atoms with Crippen LogP contribution in [0.5, 0.6) is 0 Å². The maximum Gasteiger partial charge on any atom is 0.328 e. The van der Waals surface area contributed by atoms with E-state index in [-0.39, 0.29) is 32.0 Å². The molecular formula is C32H38N2O7S. The van der Waals surface area contributed by atoms with Gasteiger partial charge in [-0.15, -0.1) is 0 Å². The molecule has 4 atom stereocenters. The molecule has 9 nitrogen and oxygen atoms in total. The van der Waals surface area contributed by atoms with Crippen molar-refractivity contribution in [1.82, 2.24) is 10.6 Å². The Balaban J connectivity index is 1.36. The van der Waals surface area contributed by atoms with Gasteiger partial charge in [-0.25, -0.2) is 9.59 Å². The highest BCUT2D eigenvalue weighted by Gasteiger charge is 2.32. The average molecular weight is 595 g/mol. The molecule has 0 unspecified atom stereocenters. The number of benzene rings is 3. The first kappa shape index (κ1) is 31.5. The highest BCUT2D eigenvalue weighted by atomic mass is 32.2. The molecule has 3 aromatic carbocycles. The van der Waals surface area contributed by atoms with Crippen LogP contribution in [0.25, 0.3) is 0 Å². The summed E-state index contributed by atoms with van der Waals surface area (Å²) in [4.78, 5) is 24.8. The molecule has 3 aromatic rings. The normalized spacial score (nSPS) is 19.1. The number of esters is 1. The second kappa shape index (κ2) is 16.3. The van der Waals surface area contributed by atoms with Crippen molar-refractivity contribution in [2.75, 3.05) is 25.2 Å². The van der Waals surface area contributed by atoms with Gasteiger partial charge in [0.25, 0.3) is 0 Å². The van der Waals surface area contributed by atoms with Crippen LogP contribution >= 0.6 is 11.8 Å². The molecular weight excluding hydrogens is 556 g/mol. The maximum absolute atomic E-state index is 12.6. The minimum atomic E-state index is -0.809. The van der Waals surface area contributed by atoms with Gasteiger partial charge < -0.3 is 35.1 Å². The van der Waals surface area contributed by atoms with Crippen LogP contribution in [0.15, 0.2) is 78.9 Å². The van der Waals surface area contributed by atoms with E-state index in [4.69, 9.17) is 14.2 Å². The summed E-state index contributed by atoms with van der Waals surface area (Å²) in [6.07, 6.45) is 0.182. The lowest BCUT2D eigenvalue weighted by atomic mass is 10.0. The van der Waals surface area contributed by atoms with Crippen LogP contribution in [-0.4, -0.2) is 59.6 Å². The number of urea groups is 1. The summed E-state index contributed by atoms with van der Waals surface area (Å²) in [5.41, 5.74) is 4.49. The van der Waals surface area contributed by atoms with Crippen LogP contribution in [0.4, 0.5) is 4.79 Å². The van der Waals surface area contributed by atoms with Crippen molar-refractivity contribution in [1.29, 1.82) is 0 Å². The lowest BCUT2D eigenvalue weighted by Gasteiger charge is -2.36. The Hall–Kier alpha value is -3.41. The fourth-order valence-corrected chi connectivity index (χ4v) is 5.44. The molecule has 4 N–H and O–H groups in total. The second-order valence-corrected chi connectivity index (χ2v) is 11.1. The van der Waals surface area contributed by atoms with E-state index in [1.165, 1.54) is 7.11 Å². The second-order valence-electron chi connectivity index (χ2n) is 9.98. The van der Waals surface area contributed by atoms with Crippen LogP contribution in [0.2, 0.25) is 0 Å². The minimum Gasteiger partial charge on any atom is -0.467 e. The first-order valence-electron chi connectivity index (χ1n) is 13.9. The number of hydrogen-bond donors (Lipinski definition) is 4. The number of aliphatic hydroxyl groups is 2. The van der Waals surface area contributed by atoms with Crippen LogP contribution < -0.4 is 10.6 Å². The first-order chi connectivity index (χ1) is 20.5. The fourth-order valence-electron chi connectivity index (χ4n) is 4.67. The predicted octanol–water partition coefficient (Wildman–Crippen LogP) is 4.03.